The van der Waals surface area contributed by atoms with Crippen LogP contribution < -0.4 is 5.32 Å². The van der Waals surface area contributed by atoms with Gasteiger partial charge in [0, 0.05) is 10.4 Å². The van der Waals surface area contributed by atoms with Crippen molar-refractivity contribution in [2.45, 2.75) is 0 Å². The molecule has 0 saturated carbocycles. The molecule has 0 saturated heterocycles. The Hall–Kier alpha value is -1.39. The Kier molecular flexibility index (Phi) is 1.97. The van der Waals surface area contributed by atoms with Gasteiger partial charge < -0.3 is 5.32 Å². The molecule has 0 radical (unpaired) electrons. The molecule has 0 unspecified atom stereocenters. The molecule has 1 aliphatic heterocycles. The third-order valence-electron chi connectivity index (χ3n) is 2.26. The Morgan fingerprint density at radius 2 is 2.13 bits per heavy atom. The molecule has 4 heteroatoms. The smallest absolute Gasteiger partial charge is 0.257 e. The highest BCUT2D eigenvalue weighted by Crippen LogP contribution is 2.37. The second-order valence-electron chi connectivity index (χ2n) is 3.19. The first-order chi connectivity index (χ1) is 7.34. The van der Waals surface area contributed by atoms with Gasteiger partial charge >= 0.3 is 0 Å². The number of carbonyl (C=O) groups is 1. The summed E-state index contributed by atoms with van der Waals surface area (Å²) in [6.45, 7) is 0. The number of amides is 1. The van der Waals surface area contributed by atoms with E-state index in [1.165, 1.54) is 0 Å². The second kappa shape index (κ2) is 3.32. The highest BCUT2D eigenvalue weighted by atomic mass is 32.1. The number of hydrogen-bond acceptors (Lipinski definition) is 3. The quantitative estimate of drug-likeness (QED) is 0.752. The highest BCUT2D eigenvalue weighted by molar-refractivity contribution is 7.15. The van der Waals surface area contributed by atoms with Gasteiger partial charge in [0.25, 0.3) is 5.91 Å². The van der Waals surface area contributed by atoms with Crippen LogP contribution in [0.25, 0.3) is 11.6 Å². The van der Waals surface area contributed by atoms with Gasteiger partial charge in [-0.1, -0.05) is 6.07 Å². The van der Waals surface area contributed by atoms with Crippen LogP contribution in [-0.2, 0) is 4.79 Å². The lowest BCUT2D eigenvalue weighted by Crippen LogP contribution is -2.03. The molecule has 0 aliphatic carbocycles. The molecule has 1 amide bonds. The van der Waals surface area contributed by atoms with Crippen LogP contribution >= 0.6 is 22.7 Å². The monoisotopic (exact) mass is 233 g/mol. The summed E-state index contributed by atoms with van der Waals surface area (Å²) in [4.78, 5) is 12.8. The molecule has 0 bridgehead atoms. The lowest BCUT2D eigenvalue weighted by atomic mass is 10.1. The van der Waals surface area contributed by atoms with Crippen LogP contribution in [0.15, 0.2) is 29.0 Å². The maximum atomic E-state index is 11.7. The van der Waals surface area contributed by atoms with Gasteiger partial charge in [0.1, 0.15) is 5.00 Å². The molecule has 15 heavy (non-hydrogen) atoms. The fourth-order valence-electron chi connectivity index (χ4n) is 1.57. The van der Waals surface area contributed by atoms with E-state index < -0.39 is 0 Å². The molecule has 0 atom stereocenters. The van der Waals surface area contributed by atoms with Crippen LogP contribution in [0.2, 0.25) is 0 Å². The van der Waals surface area contributed by atoms with Crippen molar-refractivity contribution in [1.82, 2.24) is 0 Å². The number of fused-ring (bicyclic) bond motifs is 1. The maximum Gasteiger partial charge on any atom is 0.257 e. The average Bonchev–Trinajstić information content (AvgIpc) is 2.86. The van der Waals surface area contributed by atoms with Gasteiger partial charge in [-0.15, -0.1) is 22.7 Å². The summed E-state index contributed by atoms with van der Waals surface area (Å²) in [5, 5.41) is 7.82. The molecule has 3 heterocycles. The first-order valence-electron chi connectivity index (χ1n) is 4.49. The molecule has 0 aromatic carbocycles. The minimum absolute atomic E-state index is 0.00486. The molecule has 2 aromatic heterocycles. The van der Waals surface area contributed by atoms with Gasteiger partial charge in [0.15, 0.2) is 0 Å². The SMILES string of the molecule is O=C1Nc2sccc2/C1=C/c1cccs1. The summed E-state index contributed by atoms with van der Waals surface area (Å²) in [5.74, 6) is 0.00486. The minimum atomic E-state index is 0.00486. The maximum absolute atomic E-state index is 11.7. The van der Waals surface area contributed by atoms with Crippen LogP contribution in [0, 0.1) is 0 Å². The molecular formula is C11H7NOS2. The summed E-state index contributed by atoms with van der Waals surface area (Å²) in [6, 6.07) is 5.98. The van der Waals surface area contributed by atoms with Crippen LogP contribution in [-0.4, -0.2) is 5.91 Å². The van der Waals surface area contributed by atoms with Crippen molar-refractivity contribution in [2.24, 2.45) is 0 Å². The number of hydrogen-bond donors (Lipinski definition) is 1. The molecule has 1 aliphatic rings. The number of carbonyl (C=O) groups excluding carboxylic acids is 1. The van der Waals surface area contributed by atoms with Gasteiger partial charge in [-0.25, -0.2) is 0 Å². The van der Waals surface area contributed by atoms with Crippen molar-refractivity contribution in [2.75, 3.05) is 5.32 Å². The van der Waals surface area contributed by atoms with Gasteiger partial charge in [0.2, 0.25) is 0 Å². The Morgan fingerprint density at radius 3 is 2.93 bits per heavy atom. The second-order valence-corrected chi connectivity index (χ2v) is 5.09. The van der Waals surface area contributed by atoms with Crippen LogP contribution in [0.1, 0.15) is 10.4 Å². The van der Waals surface area contributed by atoms with Gasteiger partial charge in [-0.3, -0.25) is 4.79 Å². The Balaban J connectivity index is 2.10. The van der Waals surface area contributed by atoms with E-state index in [1.54, 1.807) is 22.7 Å². The van der Waals surface area contributed by atoms with Gasteiger partial charge in [0.05, 0.1) is 5.57 Å². The third-order valence-corrected chi connectivity index (χ3v) is 3.91. The molecule has 1 N–H and O–H groups in total. The number of rotatable bonds is 1. The summed E-state index contributed by atoms with van der Waals surface area (Å²) < 4.78 is 0. The lowest BCUT2D eigenvalue weighted by Gasteiger charge is -1.92. The first kappa shape index (κ1) is 8.88. The van der Waals surface area contributed by atoms with Crippen molar-refractivity contribution < 1.29 is 4.79 Å². The van der Waals surface area contributed by atoms with E-state index >= 15 is 0 Å². The molecule has 3 rings (SSSR count). The predicted octanol–water partition coefficient (Wildman–Crippen LogP) is 3.30. The van der Waals surface area contributed by atoms with E-state index in [1.807, 2.05) is 35.0 Å². The standard InChI is InChI=1S/C11H7NOS2/c13-10-9(6-7-2-1-4-14-7)8-3-5-15-11(8)12-10/h1-6H,(H,12,13)/b9-6-. The zero-order chi connectivity index (χ0) is 10.3. The van der Waals surface area contributed by atoms with E-state index in [-0.39, 0.29) is 5.91 Å². The number of nitrogens with one attached hydrogen (secondary N) is 1. The minimum Gasteiger partial charge on any atom is -0.313 e. The van der Waals surface area contributed by atoms with E-state index in [9.17, 15) is 4.79 Å². The Labute approximate surface area is 94.9 Å². The fourth-order valence-corrected chi connectivity index (χ4v) is 3.02. The van der Waals surface area contributed by atoms with Crippen molar-refractivity contribution in [3.8, 4) is 0 Å². The van der Waals surface area contributed by atoms with Gasteiger partial charge in [-0.2, -0.15) is 0 Å². The fraction of sp³-hybridized carbons (Fsp3) is 0. The van der Waals surface area contributed by atoms with E-state index in [4.69, 9.17) is 0 Å². The Morgan fingerprint density at radius 1 is 1.20 bits per heavy atom. The average molecular weight is 233 g/mol. The van der Waals surface area contributed by atoms with E-state index in [2.05, 4.69) is 5.32 Å². The topological polar surface area (TPSA) is 29.1 Å². The number of anilines is 1. The molecular weight excluding hydrogens is 226 g/mol. The largest absolute Gasteiger partial charge is 0.313 e. The van der Waals surface area contributed by atoms with Crippen LogP contribution in [0.3, 0.4) is 0 Å². The molecule has 2 nitrogen and oxygen atoms in total. The van der Waals surface area contributed by atoms with Crippen molar-refractivity contribution in [3.05, 3.63) is 39.4 Å². The highest BCUT2D eigenvalue weighted by Gasteiger charge is 2.24. The molecule has 0 spiro atoms. The van der Waals surface area contributed by atoms with Crippen LogP contribution in [0.4, 0.5) is 5.00 Å². The number of thiophene rings is 2. The third kappa shape index (κ3) is 1.42. The zero-order valence-electron chi connectivity index (χ0n) is 7.69. The first-order valence-corrected chi connectivity index (χ1v) is 6.25. The van der Waals surface area contributed by atoms with Gasteiger partial charge in [-0.05, 0) is 29.0 Å². The summed E-state index contributed by atoms with van der Waals surface area (Å²) >= 11 is 3.20. The van der Waals surface area contributed by atoms with Crippen LogP contribution in [0.5, 0.6) is 0 Å². The summed E-state index contributed by atoms with van der Waals surface area (Å²) in [6.07, 6.45) is 1.94. The van der Waals surface area contributed by atoms with E-state index in [0.29, 0.717) is 0 Å². The lowest BCUT2D eigenvalue weighted by molar-refractivity contribution is -0.110. The molecule has 2 aromatic rings. The Bertz CT molecular complexity index is 537. The summed E-state index contributed by atoms with van der Waals surface area (Å²) in [5.41, 5.74) is 1.80. The zero-order valence-corrected chi connectivity index (χ0v) is 9.32. The molecule has 74 valence electrons. The van der Waals surface area contributed by atoms with Crippen molar-refractivity contribution >= 4 is 45.2 Å². The predicted molar refractivity (Wildman–Crippen MR) is 65.1 cm³/mol. The van der Waals surface area contributed by atoms with Crippen molar-refractivity contribution in [1.29, 1.82) is 0 Å². The summed E-state index contributed by atoms with van der Waals surface area (Å²) in [7, 11) is 0. The molecule has 0 fully saturated rings. The normalized spacial score (nSPS) is 16.8. The van der Waals surface area contributed by atoms with E-state index in [0.717, 1.165) is 21.0 Å². The van der Waals surface area contributed by atoms with Crippen molar-refractivity contribution in [3.63, 3.8) is 0 Å².